The lowest BCUT2D eigenvalue weighted by molar-refractivity contribution is -0.137. The van der Waals surface area contributed by atoms with Crippen LogP contribution in [-0.4, -0.2) is 30.0 Å². The average molecular weight is 290 g/mol. The number of rotatable bonds is 2. The molecule has 1 aliphatic heterocycles. The summed E-state index contributed by atoms with van der Waals surface area (Å²) in [5, 5.41) is 5.67. The van der Waals surface area contributed by atoms with Gasteiger partial charge in [0.05, 0.1) is 11.6 Å². The molecule has 1 fully saturated rings. The van der Waals surface area contributed by atoms with E-state index in [1.54, 1.807) is 11.8 Å². The summed E-state index contributed by atoms with van der Waals surface area (Å²) in [5.74, 6) is 1.42. The van der Waals surface area contributed by atoms with Crippen molar-refractivity contribution in [1.29, 1.82) is 0 Å². The maximum Gasteiger partial charge on any atom is 0.416 e. The van der Waals surface area contributed by atoms with Crippen molar-refractivity contribution in [3.05, 3.63) is 29.8 Å². The van der Waals surface area contributed by atoms with Crippen molar-refractivity contribution in [2.45, 2.75) is 12.2 Å². The van der Waals surface area contributed by atoms with Crippen LogP contribution in [0.2, 0.25) is 0 Å². The van der Waals surface area contributed by atoms with E-state index in [1.807, 2.05) is 0 Å². The molecule has 104 valence electrons. The zero-order valence-electron chi connectivity index (χ0n) is 9.96. The van der Waals surface area contributed by atoms with Crippen LogP contribution in [0.25, 0.3) is 0 Å². The van der Waals surface area contributed by atoms with E-state index < -0.39 is 11.7 Å². The Morgan fingerprint density at radius 1 is 1.32 bits per heavy atom. The summed E-state index contributed by atoms with van der Waals surface area (Å²) in [7, 11) is 0. The zero-order chi connectivity index (χ0) is 13.9. The first-order valence-corrected chi connectivity index (χ1v) is 6.91. The van der Waals surface area contributed by atoms with Crippen molar-refractivity contribution in [2.24, 2.45) is 0 Å². The van der Waals surface area contributed by atoms with Gasteiger partial charge >= 0.3 is 6.18 Å². The zero-order valence-corrected chi connectivity index (χ0v) is 10.8. The third-order valence-corrected chi connectivity index (χ3v) is 3.78. The Morgan fingerprint density at radius 3 is 2.53 bits per heavy atom. The van der Waals surface area contributed by atoms with E-state index in [0.717, 1.165) is 24.4 Å². The Kier molecular flexibility index (Phi) is 4.36. The first kappa shape index (κ1) is 14.2. The highest BCUT2D eigenvalue weighted by Crippen LogP contribution is 2.29. The van der Waals surface area contributed by atoms with Gasteiger partial charge < -0.3 is 10.6 Å². The predicted octanol–water partition coefficient (Wildman–Crippen LogP) is 2.35. The van der Waals surface area contributed by atoms with E-state index in [2.05, 4.69) is 10.6 Å². The number of anilines is 1. The van der Waals surface area contributed by atoms with Gasteiger partial charge in [-0.2, -0.15) is 24.9 Å². The molecule has 19 heavy (non-hydrogen) atoms. The fourth-order valence-corrected chi connectivity index (χ4v) is 2.64. The molecule has 1 atom stereocenters. The van der Waals surface area contributed by atoms with Crippen LogP contribution in [-0.2, 0) is 11.0 Å². The second-order valence-electron chi connectivity index (χ2n) is 4.15. The Labute approximate surface area is 112 Å². The van der Waals surface area contributed by atoms with Gasteiger partial charge in [0.2, 0.25) is 5.91 Å². The molecule has 0 spiro atoms. The molecule has 0 radical (unpaired) electrons. The van der Waals surface area contributed by atoms with Gasteiger partial charge in [-0.25, -0.2) is 0 Å². The lowest BCUT2D eigenvalue weighted by Gasteiger charge is -2.22. The Hall–Kier alpha value is -1.21. The van der Waals surface area contributed by atoms with Gasteiger partial charge in [0.25, 0.3) is 0 Å². The summed E-state index contributed by atoms with van der Waals surface area (Å²) < 4.78 is 37.1. The fraction of sp³-hybridized carbons (Fsp3) is 0.417. The van der Waals surface area contributed by atoms with Crippen molar-refractivity contribution < 1.29 is 18.0 Å². The first-order chi connectivity index (χ1) is 8.97. The molecule has 0 saturated carbocycles. The monoisotopic (exact) mass is 290 g/mol. The van der Waals surface area contributed by atoms with Gasteiger partial charge in [0.1, 0.15) is 0 Å². The van der Waals surface area contributed by atoms with Crippen molar-refractivity contribution >= 4 is 23.4 Å². The molecule has 1 aromatic rings. The fourth-order valence-electron chi connectivity index (χ4n) is 1.71. The van der Waals surface area contributed by atoms with Crippen LogP contribution in [0.15, 0.2) is 24.3 Å². The minimum absolute atomic E-state index is 0.216. The van der Waals surface area contributed by atoms with E-state index in [1.165, 1.54) is 12.1 Å². The Balaban J connectivity index is 1.97. The summed E-state index contributed by atoms with van der Waals surface area (Å²) in [4.78, 5) is 11.8. The molecule has 0 bridgehead atoms. The van der Waals surface area contributed by atoms with Crippen LogP contribution in [0.5, 0.6) is 0 Å². The van der Waals surface area contributed by atoms with Crippen LogP contribution in [0.3, 0.4) is 0 Å². The summed E-state index contributed by atoms with van der Waals surface area (Å²) >= 11 is 1.68. The molecule has 1 aromatic carbocycles. The standard InChI is InChI=1S/C12H13F3N2OS/c13-12(14,15)8-1-3-9(4-2-8)17-11(18)10-7-19-6-5-16-10/h1-4,10,16H,5-7H2,(H,17,18). The van der Waals surface area contributed by atoms with E-state index >= 15 is 0 Å². The highest BCUT2D eigenvalue weighted by Gasteiger charge is 2.30. The SMILES string of the molecule is O=C(Nc1ccc(C(F)(F)F)cc1)C1CSCCN1. The molecule has 3 nitrogen and oxygen atoms in total. The van der Waals surface area contributed by atoms with E-state index in [0.29, 0.717) is 11.4 Å². The highest BCUT2D eigenvalue weighted by atomic mass is 32.2. The number of thioether (sulfide) groups is 1. The number of hydrogen-bond acceptors (Lipinski definition) is 3. The van der Waals surface area contributed by atoms with E-state index in [-0.39, 0.29) is 11.9 Å². The van der Waals surface area contributed by atoms with E-state index in [9.17, 15) is 18.0 Å². The second-order valence-corrected chi connectivity index (χ2v) is 5.30. The largest absolute Gasteiger partial charge is 0.416 e. The molecule has 2 N–H and O–H groups in total. The summed E-state index contributed by atoms with van der Waals surface area (Å²) in [6, 6.07) is 4.14. The minimum Gasteiger partial charge on any atom is -0.325 e. The van der Waals surface area contributed by atoms with E-state index in [4.69, 9.17) is 0 Å². The molecule has 7 heteroatoms. The number of halogens is 3. The van der Waals surface area contributed by atoms with Crippen molar-refractivity contribution in [1.82, 2.24) is 5.32 Å². The Morgan fingerprint density at radius 2 is 2.00 bits per heavy atom. The summed E-state index contributed by atoms with van der Waals surface area (Å²) in [6.45, 7) is 0.760. The number of nitrogens with one attached hydrogen (secondary N) is 2. The van der Waals surface area contributed by atoms with Gasteiger partial charge in [-0.15, -0.1) is 0 Å². The number of benzene rings is 1. The summed E-state index contributed by atoms with van der Waals surface area (Å²) in [5.41, 5.74) is -0.354. The third kappa shape index (κ3) is 3.87. The van der Waals surface area contributed by atoms with Crippen molar-refractivity contribution in [2.75, 3.05) is 23.4 Å². The summed E-state index contributed by atoms with van der Waals surface area (Å²) in [6.07, 6.45) is -4.36. The normalized spacial score (nSPS) is 20.1. The number of carbonyl (C=O) groups is 1. The maximum atomic E-state index is 12.4. The highest BCUT2D eigenvalue weighted by molar-refractivity contribution is 7.99. The van der Waals surface area contributed by atoms with Crippen LogP contribution in [0.4, 0.5) is 18.9 Å². The van der Waals surface area contributed by atoms with Gasteiger partial charge in [-0.3, -0.25) is 4.79 Å². The van der Waals surface area contributed by atoms with Crippen LogP contribution >= 0.6 is 11.8 Å². The lowest BCUT2D eigenvalue weighted by Crippen LogP contribution is -2.46. The van der Waals surface area contributed by atoms with Crippen LogP contribution in [0, 0.1) is 0 Å². The Bertz CT molecular complexity index is 441. The molecule has 0 aromatic heterocycles. The topological polar surface area (TPSA) is 41.1 Å². The van der Waals surface area contributed by atoms with Gasteiger partial charge in [-0.05, 0) is 24.3 Å². The third-order valence-electron chi connectivity index (χ3n) is 2.72. The average Bonchev–Trinajstić information content (AvgIpc) is 2.39. The smallest absolute Gasteiger partial charge is 0.325 e. The van der Waals surface area contributed by atoms with Gasteiger partial charge in [0.15, 0.2) is 0 Å². The molecular formula is C12H13F3N2OS. The molecule has 1 saturated heterocycles. The molecular weight excluding hydrogens is 277 g/mol. The molecule has 1 aliphatic rings. The van der Waals surface area contributed by atoms with Crippen LogP contribution in [0.1, 0.15) is 5.56 Å². The molecule has 0 aliphatic carbocycles. The molecule has 1 amide bonds. The quantitative estimate of drug-likeness (QED) is 0.878. The van der Waals surface area contributed by atoms with Gasteiger partial charge in [0, 0.05) is 23.7 Å². The van der Waals surface area contributed by atoms with Crippen molar-refractivity contribution in [3.63, 3.8) is 0 Å². The first-order valence-electron chi connectivity index (χ1n) is 5.76. The van der Waals surface area contributed by atoms with Gasteiger partial charge in [-0.1, -0.05) is 0 Å². The molecule has 1 unspecified atom stereocenters. The van der Waals surface area contributed by atoms with Crippen molar-refractivity contribution in [3.8, 4) is 0 Å². The number of alkyl halides is 3. The predicted molar refractivity (Wildman–Crippen MR) is 69.2 cm³/mol. The lowest BCUT2D eigenvalue weighted by atomic mass is 10.2. The molecule has 2 rings (SSSR count). The molecule has 1 heterocycles. The second kappa shape index (κ2) is 5.83. The number of carbonyl (C=O) groups excluding carboxylic acids is 1. The number of hydrogen-bond donors (Lipinski definition) is 2. The maximum absolute atomic E-state index is 12.4. The van der Waals surface area contributed by atoms with Crippen LogP contribution < -0.4 is 10.6 Å². The minimum atomic E-state index is -4.36. The number of amides is 1.